The highest BCUT2D eigenvalue weighted by Crippen LogP contribution is 2.40. The lowest BCUT2D eigenvalue weighted by molar-refractivity contribution is 0.389. The number of allylic oxidation sites excluding steroid dienone is 1. The van der Waals surface area contributed by atoms with E-state index in [1.165, 1.54) is 0 Å². The number of hydrogen-bond donors (Lipinski definition) is 1. The van der Waals surface area contributed by atoms with E-state index in [-0.39, 0.29) is 17.0 Å². The van der Waals surface area contributed by atoms with Crippen LogP contribution in [0.4, 0.5) is 0 Å². The Kier molecular flexibility index (Phi) is 4.83. The van der Waals surface area contributed by atoms with Crippen LogP contribution in [0.25, 0.3) is 0 Å². The van der Waals surface area contributed by atoms with Gasteiger partial charge >= 0.3 is 0 Å². The lowest BCUT2D eigenvalue weighted by atomic mass is 9.84. The molecular weight excluding hydrogens is 388 g/mol. The molecule has 3 heterocycles. The first kappa shape index (κ1) is 18.8. The van der Waals surface area contributed by atoms with E-state index >= 15 is 0 Å². The zero-order chi connectivity index (χ0) is 20.5. The molecule has 2 N–H and O–H groups in total. The van der Waals surface area contributed by atoms with E-state index in [9.17, 15) is 10.1 Å². The summed E-state index contributed by atoms with van der Waals surface area (Å²) in [6, 6.07) is 16.5. The van der Waals surface area contributed by atoms with Gasteiger partial charge in [0.05, 0.1) is 23.7 Å². The number of halogens is 1. The number of nitrogens with two attached hydrogens (primary N) is 1. The largest absolute Gasteiger partial charge is 0.440 e. The van der Waals surface area contributed by atoms with Gasteiger partial charge in [0.25, 0.3) is 5.56 Å². The zero-order valence-electron chi connectivity index (χ0n) is 15.6. The Labute approximate surface area is 172 Å². The van der Waals surface area contributed by atoms with E-state index in [1.807, 2.05) is 31.2 Å². The number of nitrogens with zero attached hydrogens (tertiary/aromatic N) is 3. The maximum Gasteiger partial charge on any atom is 0.259 e. The van der Waals surface area contributed by atoms with Gasteiger partial charge in [-0.15, -0.1) is 0 Å². The van der Waals surface area contributed by atoms with Crippen LogP contribution in [0, 0.1) is 18.3 Å². The van der Waals surface area contributed by atoms with Gasteiger partial charge in [0, 0.05) is 23.0 Å². The molecule has 144 valence electrons. The third kappa shape index (κ3) is 3.37. The molecule has 2 aromatic heterocycles. The molecule has 1 aliphatic heterocycles. The summed E-state index contributed by atoms with van der Waals surface area (Å²) in [6.45, 7) is 2.13. The summed E-state index contributed by atoms with van der Waals surface area (Å²) in [6.07, 6.45) is 1.68. The highest BCUT2D eigenvalue weighted by molar-refractivity contribution is 6.30. The Morgan fingerprint density at radius 1 is 1.28 bits per heavy atom. The molecule has 1 aromatic carbocycles. The summed E-state index contributed by atoms with van der Waals surface area (Å²) in [5.41, 5.74) is 8.47. The van der Waals surface area contributed by atoms with Crippen LogP contribution >= 0.6 is 11.6 Å². The van der Waals surface area contributed by atoms with Crippen molar-refractivity contribution in [3.8, 4) is 11.8 Å². The molecule has 0 unspecified atom stereocenters. The van der Waals surface area contributed by atoms with Crippen molar-refractivity contribution < 1.29 is 4.74 Å². The van der Waals surface area contributed by atoms with Crippen LogP contribution in [0.3, 0.4) is 0 Å². The van der Waals surface area contributed by atoms with Crippen molar-refractivity contribution in [2.24, 2.45) is 5.73 Å². The van der Waals surface area contributed by atoms with Gasteiger partial charge in [0.2, 0.25) is 5.88 Å². The molecule has 6 nitrogen and oxygen atoms in total. The van der Waals surface area contributed by atoms with Crippen molar-refractivity contribution >= 4 is 11.6 Å². The fraction of sp³-hybridized carbons (Fsp3) is 0.136. The highest BCUT2D eigenvalue weighted by Gasteiger charge is 2.34. The van der Waals surface area contributed by atoms with E-state index in [2.05, 4.69) is 11.1 Å². The van der Waals surface area contributed by atoms with Crippen LogP contribution in [0.5, 0.6) is 5.75 Å². The number of pyridine rings is 2. The second-order valence-corrected chi connectivity index (χ2v) is 7.19. The molecule has 1 atom stereocenters. The minimum atomic E-state index is -0.662. The maximum absolute atomic E-state index is 13.5. The van der Waals surface area contributed by atoms with Crippen molar-refractivity contribution in [3.05, 3.63) is 104 Å². The van der Waals surface area contributed by atoms with Crippen molar-refractivity contribution in [3.63, 3.8) is 0 Å². The normalized spacial score (nSPS) is 15.4. The van der Waals surface area contributed by atoms with Crippen LogP contribution < -0.4 is 16.0 Å². The third-order valence-corrected chi connectivity index (χ3v) is 5.15. The van der Waals surface area contributed by atoms with Crippen molar-refractivity contribution in [1.29, 1.82) is 5.26 Å². The first-order chi connectivity index (χ1) is 14.0. The van der Waals surface area contributed by atoms with Gasteiger partial charge in [-0.3, -0.25) is 9.78 Å². The number of rotatable bonds is 3. The molecular formula is C22H17ClN4O2. The molecule has 0 amide bonds. The minimum absolute atomic E-state index is 0.00810. The lowest BCUT2D eigenvalue weighted by Crippen LogP contribution is -2.33. The predicted molar refractivity (Wildman–Crippen MR) is 110 cm³/mol. The van der Waals surface area contributed by atoms with Gasteiger partial charge in [0.15, 0.2) is 0 Å². The average molecular weight is 405 g/mol. The van der Waals surface area contributed by atoms with Gasteiger partial charge in [0.1, 0.15) is 17.4 Å². The molecule has 0 aliphatic carbocycles. The van der Waals surface area contributed by atoms with Crippen LogP contribution in [0.15, 0.2) is 71.0 Å². The Morgan fingerprint density at radius 2 is 2.10 bits per heavy atom. The number of aromatic nitrogens is 2. The van der Waals surface area contributed by atoms with Gasteiger partial charge in [-0.25, -0.2) is 0 Å². The quantitative estimate of drug-likeness (QED) is 0.721. The van der Waals surface area contributed by atoms with Crippen molar-refractivity contribution in [1.82, 2.24) is 9.55 Å². The lowest BCUT2D eigenvalue weighted by Gasteiger charge is -2.27. The molecule has 0 bridgehead atoms. The Bertz CT molecular complexity index is 1230. The molecule has 29 heavy (non-hydrogen) atoms. The average Bonchev–Trinajstić information content (AvgIpc) is 2.71. The number of fused-ring (bicyclic) bond motifs is 1. The first-order valence-corrected chi connectivity index (χ1v) is 9.34. The molecule has 0 saturated heterocycles. The summed E-state index contributed by atoms with van der Waals surface area (Å²) >= 11 is 6.17. The van der Waals surface area contributed by atoms with E-state index in [0.717, 1.165) is 5.69 Å². The fourth-order valence-corrected chi connectivity index (χ4v) is 3.75. The van der Waals surface area contributed by atoms with Crippen LogP contribution in [-0.2, 0) is 6.54 Å². The third-order valence-electron chi connectivity index (χ3n) is 4.92. The first-order valence-electron chi connectivity index (χ1n) is 8.97. The molecule has 4 rings (SSSR count). The molecule has 0 radical (unpaired) electrons. The van der Waals surface area contributed by atoms with E-state index < -0.39 is 5.92 Å². The van der Waals surface area contributed by atoms with E-state index in [1.54, 1.807) is 35.0 Å². The molecule has 0 spiro atoms. The standard InChI is InChI=1S/C22H17ClN4O2/c1-13-9-18-20(22(28)27(13)12-16-7-2-3-8-26-16)19(17(11-24)21(25)29-18)14-5-4-6-15(23)10-14/h2-10,19H,12,25H2,1H3/t19-/m1/s1. The number of ether oxygens (including phenoxy) is 1. The number of aryl methyl sites for hydroxylation is 1. The molecule has 7 heteroatoms. The summed E-state index contributed by atoms with van der Waals surface area (Å²) < 4.78 is 7.28. The van der Waals surface area contributed by atoms with Crippen molar-refractivity contribution in [2.75, 3.05) is 0 Å². The Balaban J connectivity index is 1.94. The van der Waals surface area contributed by atoms with Gasteiger partial charge in [-0.2, -0.15) is 5.26 Å². The van der Waals surface area contributed by atoms with Crippen LogP contribution in [0.1, 0.15) is 28.4 Å². The smallest absolute Gasteiger partial charge is 0.259 e. The highest BCUT2D eigenvalue weighted by atomic mass is 35.5. The Morgan fingerprint density at radius 3 is 2.79 bits per heavy atom. The minimum Gasteiger partial charge on any atom is -0.440 e. The second kappa shape index (κ2) is 7.46. The molecule has 0 fully saturated rings. The molecule has 1 aliphatic rings. The SMILES string of the molecule is Cc1cc2c(c(=O)n1Cc1ccccn1)[C@H](c1cccc(Cl)c1)C(C#N)=C(N)O2. The fourth-order valence-electron chi connectivity index (χ4n) is 3.56. The second-order valence-electron chi connectivity index (χ2n) is 6.76. The monoisotopic (exact) mass is 404 g/mol. The summed E-state index contributed by atoms with van der Waals surface area (Å²) in [5.74, 6) is -0.317. The summed E-state index contributed by atoms with van der Waals surface area (Å²) in [4.78, 5) is 17.8. The maximum atomic E-state index is 13.5. The van der Waals surface area contributed by atoms with Crippen molar-refractivity contribution in [2.45, 2.75) is 19.4 Å². The van der Waals surface area contributed by atoms with Crippen LogP contribution in [-0.4, -0.2) is 9.55 Å². The summed E-state index contributed by atoms with van der Waals surface area (Å²) in [7, 11) is 0. The zero-order valence-corrected chi connectivity index (χ0v) is 16.3. The summed E-state index contributed by atoms with van der Waals surface area (Å²) in [5, 5.41) is 10.2. The number of nitriles is 1. The predicted octanol–water partition coefficient (Wildman–Crippen LogP) is 3.47. The van der Waals surface area contributed by atoms with E-state index in [0.29, 0.717) is 34.1 Å². The molecule has 3 aromatic rings. The van der Waals surface area contributed by atoms with Gasteiger partial charge in [-0.1, -0.05) is 29.8 Å². The Hall–Kier alpha value is -3.56. The van der Waals surface area contributed by atoms with Gasteiger partial charge in [-0.05, 0) is 36.8 Å². The van der Waals surface area contributed by atoms with Gasteiger partial charge < -0.3 is 15.0 Å². The van der Waals surface area contributed by atoms with Crippen LogP contribution in [0.2, 0.25) is 5.02 Å². The van der Waals surface area contributed by atoms with E-state index in [4.69, 9.17) is 22.1 Å². The number of hydrogen-bond acceptors (Lipinski definition) is 5. The topological polar surface area (TPSA) is 93.9 Å². The number of benzene rings is 1. The molecule has 0 saturated carbocycles.